The average Bonchev–Trinajstić information content (AvgIpc) is 2.08. The summed E-state index contributed by atoms with van der Waals surface area (Å²) in [6, 6.07) is 0. The molecule has 0 spiro atoms. The highest BCUT2D eigenvalue weighted by Crippen LogP contribution is 2.41. The molecule has 14 heavy (non-hydrogen) atoms. The second kappa shape index (κ2) is 4.48. The average molecular weight is 196 g/mol. The standard InChI is InChI=1S/C13H24O/c1-5-6-12-9-11(10(2)3)7-8-13(12,4)14/h5,10-12,14H,1,6-9H2,2-4H3/t11-,12-,13+/m0/s1. The molecular formula is C13H24O. The second-order valence-corrected chi connectivity index (χ2v) is 5.36. The van der Waals surface area contributed by atoms with Crippen molar-refractivity contribution in [3.05, 3.63) is 12.7 Å². The number of hydrogen-bond acceptors (Lipinski definition) is 1. The van der Waals surface area contributed by atoms with Crippen LogP contribution in [0.4, 0.5) is 0 Å². The Balaban J connectivity index is 2.62. The fourth-order valence-electron chi connectivity index (χ4n) is 2.58. The Bertz CT molecular complexity index is 193. The van der Waals surface area contributed by atoms with Gasteiger partial charge in [0.1, 0.15) is 0 Å². The van der Waals surface area contributed by atoms with E-state index in [0.29, 0.717) is 5.92 Å². The first-order valence-corrected chi connectivity index (χ1v) is 5.80. The minimum Gasteiger partial charge on any atom is -0.390 e. The Morgan fingerprint density at radius 3 is 2.71 bits per heavy atom. The van der Waals surface area contributed by atoms with Crippen molar-refractivity contribution >= 4 is 0 Å². The van der Waals surface area contributed by atoms with Gasteiger partial charge in [0.2, 0.25) is 0 Å². The molecule has 0 aromatic heterocycles. The molecule has 3 atom stereocenters. The highest BCUT2D eigenvalue weighted by Gasteiger charge is 2.38. The maximum absolute atomic E-state index is 10.2. The van der Waals surface area contributed by atoms with Gasteiger partial charge in [-0.3, -0.25) is 0 Å². The van der Waals surface area contributed by atoms with Crippen molar-refractivity contribution in [1.29, 1.82) is 0 Å². The predicted molar refractivity (Wildman–Crippen MR) is 61.1 cm³/mol. The molecule has 0 unspecified atom stereocenters. The van der Waals surface area contributed by atoms with Gasteiger partial charge in [0, 0.05) is 0 Å². The lowest BCUT2D eigenvalue weighted by Gasteiger charge is -2.42. The molecule has 1 fully saturated rings. The maximum atomic E-state index is 10.2. The summed E-state index contributed by atoms with van der Waals surface area (Å²) in [6.45, 7) is 10.3. The van der Waals surface area contributed by atoms with E-state index in [1.807, 2.05) is 13.0 Å². The molecule has 0 radical (unpaired) electrons. The summed E-state index contributed by atoms with van der Waals surface area (Å²) in [6.07, 6.45) is 6.20. The highest BCUT2D eigenvalue weighted by atomic mass is 16.3. The topological polar surface area (TPSA) is 20.2 Å². The van der Waals surface area contributed by atoms with E-state index in [0.717, 1.165) is 31.1 Å². The van der Waals surface area contributed by atoms with Crippen LogP contribution in [0.3, 0.4) is 0 Å². The molecule has 0 bridgehead atoms. The van der Waals surface area contributed by atoms with Gasteiger partial charge in [0.15, 0.2) is 0 Å². The predicted octanol–water partition coefficient (Wildman–Crippen LogP) is 3.39. The zero-order valence-corrected chi connectivity index (χ0v) is 9.79. The first-order valence-electron chi connectivity index (χ1n) is 5.80. The van der Waals surface area contributed by atoms with Crippen molar-refractivity contribution in [2.24, 2.45) is 17.8 Å². The van der Waals surface area contributed by atoms with Crippen LogP contribution in [0.25, 0.3) is 0 Å². The molecule has 1 aliphatic carbocycles. The summed E-state index contributed by atoms with van der Waals surface area (Å²) >= 11 is 0. The second-order valence-electron chi connectivity index (χ2n) is 5.36. The smallest absolute Gasteiger partial charge is 0.0651 e. The van der Waals surface area contributed by atoms with E-state index in [-0.39, 0.29) is 0 Å². The third-order valence-corrected chi connectivity index (χ3v) is 3.88. The highest BCUT2D eigenvalue weighted by molar-refractivity contribution is 4.92. The SMILES string of the molecule is C=CC[C@H]1C[C@@H](C(C)C)CC[C@@]1(C)O. The minimum absolute atomic E-state index is 0.418. The molecule has 0 heterocycles. The van der Waals surface area contributed by atoms with E-state index in [2.05, 4.69) is 20.4 Å². The van der Waals surface area contributed by atoms with Crippen LogP contribution in [-0.4, -0.2) is 10.7 Å². The maximum Gasteiger partial charge on any atom is 0.0651 e. The van der Waals surface area contributed by atoms with Crippen molar-refractivity contribution in [3.8, 4) is 0 Å². The summed E-state index contributed by atoms with van der Waals surface area (Å²) in [4.78, 5) is 0. The lowest BCUT2D eigenvalue weighted by Crippen LogP contribution is -2.41. The Labute approximate surface area is 88.2 Å². The molecule has 1 heteroatoms. The molecule has 0 amide bonds. The van der Waals surface area contributed by atoms with Crippen molar-refractivity contribution < 1.29 is 5.11 Å². The molecule has 1 saturated carbocycles. The number of rotatable bonds is 3. The molecule has 0 saturated heterocycles. The van der Waals surface area contributed by atoms with Crippen LogP contribution in [-0.2, 0) is 0 Å². The van der Waals surface area contributed by atoms with Crippen LogP contribution in [0.15, 0.2) is 12.7 Å². The first kappa shape index (κ1) is 11.8. The number of aliphatic hydroxyl groups is 1. The van der Waals surface area contributed by atoms with Crippen molar-refractivity contribution in [3.63, 3.8) is 0 Å². The third kappa shape index (κ3) is 2.60. The molecule has 1 N–H and O–H groups in total. The third-order valence-electron chi connectivity index (χ3n) is 3.88. The van der Waals surface area contributed by atoms with E-state index >= 15 is 0 Å². The fraction of sp³-hybridized carbons (Fsp3) is 0.846. The van der Waals surface area contributed by atoms with Gasteiger partial charge in [-0.15, -0.1) is 6.58 Å². The fourth-order valence-corrected chi connectivity index (χ4v) is 2.58. The number of hydrogen-bond donors (Lipinski definition) is 1. The monoisotopic (exact) mass is 196 g/mol. The van der Waals surface area contributed by atoms with Crippen LogP contribution in [0.1, 0.15) is 46.5 Å². The van der Waals surface area contributed by atoms with Gasteiger partial charge in [-0.25, -0.2) is 0 Å². The first-order chi connectivity index (χ1) is 6.47. The van der Waals surface area contributed by atoms with E-state index in [9.17, 15) is 5.11 Å². The summed E-state index contributed by atoms with van der Waals surface area (Å²) in [5.41, 5.74) is -0.459. The normalized spacial score (nSPS) is 38.6. The Morgan fingerprint density at radius 1 is 1.57 bits per heavy atom. The van der Waals surface area contributed by atoms with Crippen molar-refractivity contribution in [2.75, 3.05) is 0 Å². The quantitative estimate of drug-likeness (QED) is 0.686. The van der Waals surface area contributed by atoms with E-state index in [1.54, 1.807) is 0 Å². The van der Waals surface area contributed by atoms with Crippen LogP contribution in [0, 0.1) is 17.8 Å². The zero-order chi connectivity index (χ0) is 10.8. The molecular weight excluding hydrogens is 172 g/mol. The summed E-state index contributed by atoms with van der Waals surface area (Å²) in [5.74, 6) is 1.96. The molecule has 0 aromatic rings. The molecule has 82 valence electrons. The van der Waals surface area contributed by atoms with E-state index < -0.39 is 5.60 Å². The Hall–Kier alpha value is -0.300. The largest absolute Gasteiger partial charge is 0.390 e. The van der Waals surface area contributed by atoms with Gasteiger partial charge >= 0.3 is 0 Å². The zero-order valence-electron chi connectivity index (χ0n) is 9.79. The summed E-state index contributed by atoms with van der Waals surface area (Å²) < 4.78 is 0. The molecule has 0 aliphatic heterocycles. The van der Waals surface area contributed by atoms with Gasteiger partial charge in [-0.05, 0) is 50.4 Å². The lowest BCUT2D eigenvalue weighted by molar-refractivity contribution is -0.0510. The molecule has 1 nitrogen and oxygen atoms in total. The van der Waals surface area contributed by atoms with E-state index in [4.69, 9.17) is 0 Å². The van der Waals surface area contributed by atoms with Crippen LogP contribution in [0.2, 0.25) is 0 Å². The molecule has 1 rings (SSSR count). The minimum atomic E-state index is -0.459. The van der Waals surface area contributed by atoms with Crippen molar-refractivity contribution in [2.45, 2.75) is 52.1 Å². The van der Waals surface area contributed by atoms with Gasteiger partial charge in [-0.1, -0.05) is 19.9 Å². The Morgan fingerprint density at radius 2 is 2.21 bits per heavy atom. The molecule has 0 aromatic carbocycles. The van der Waals surface area contributed by atoms with Gasteiger partial charge in [0.05, 0.1) is 5.60 Å². The van der Waals surface area contributed by atoms with Gasteiger partial charge in [-0.2, -0.15) is 0 Å². The van der Waals surface area contributed by atoms with Crippen molar-refractivity contribution in [1.82, 2.24) is 0 Å². The van der Waals surface area contributed by atoms with Gasteiger partial charge in [0.25, 0.3) is 0 Å². The van der Waals surface area contributed by atoms with Crippen LogP contribution < -0.4 is 0 Å². The lowest BCUT2D eigenvalue weighted by atomic mass is 9.68. The summed E-state index contributed by atoms with van der Waals surface area (Å²) in [5, 5.41) is 10.2. The molecule has 1 aliphatic rings. The van der Waals surface area contributed by atoms with E-state index in [1.165, 1.54) is 6.42 Å². The Kier molecular flexibility index (Phi) is 3.77. The van der Waals surface area contributed by atoms with Crippen LogP contribution >= 0.6 is 0 Å². The van der Waals surface area contributed by atoms with Gasteiger partial charge < -0.3 is 5.11 Å². The number of allylic oxidation sites excluding steroid dienone is 1. The van der Waals surface area contributed by atoms with Crippen LogP contribution in [0.5, 0.6) is 0 Å². The summed E-state index contributed by atoms with van der Waals surface area (Å²) in [7, 11) is 0.